The van der Waals surface area contributed by atoms with Crippen LogP contribution in [0, 0.1) is 0 Å². The Labute approximate surface area is 125 Å². The maximum Gasteiger partial charge on any atom is 0.323 e. The lowest BCUT2D eigenvalue weighted by molar-refractivity contribution is 0.256. The number of aromatic nitrogens is 3. The van der Waals surface area contributed by atoms with Crippen molar-refractivity contribution in [3.63, 3.8) is 0 Å². The van der Waals surface area contributed by atoms with Gasteiger partial charge in [0.1, 0.15) is 0 Å². The van der Waals surface area contributed by atoms with E-state index in [1.165, 1.54) is 6.42 Å². The highest BCUT2D eigenvalue weighted by atomic mass is 16.5. The van der Waals surface area contributed by atoms with Gasteiger partial charge in [-0.1, -0.05) is 13.8 Å². The zero-order valence-corrected chi connectivity index (χ0v) is 12.9. The third-order valence-corrected chi connectivity index (χ3v) is 3.36. The fraction of sp³-hybridized carbons (Fsp3) is 0.769. The second-order valence-electron chi connectivity index (χ2n) is 5.06. The Kier molecular flexibility index (Phi) is 5.94. The third-order valence-electron chi connectivity index (χ3n) is 3.36. The van der Waals surface area contributed by atoms with Crippen LogP contribution in [-0.4, -0.2) is 59.2 Å². The van der Waals surface area contributed by atoms with Gasteiger partial charge in [-0.15, -0.1) is 0 Å². The number of hydrazine groups is 1. The van der Waals surface area contributed by atoms with Gasteiger partial charge in [0.05, 0.1) is 6.61 Å². The summed E-state index contributed by atoms with van der Waals surface area (Å²) in [4.78, 5) is 17.4. The van der Waals surface area contributed by atoms with Crippen molar-refractivity contribution in [1.29, 1.82) is 0 Å². The number of nitrogens with one attached hydrogen (secondary N) is 1. The van der Waals surface area contributed by atoms with Gasteiger partial charge < -0.3 is 9.64 Å². The fourth-order valence-corrected chi connectivity index (χ4v) is 2.30. The largest absolute Gasteiger partial charge is 0.463 e. The maximum absolute atomic E-state index is 5.49. The van der Waals surface area contributed by atoms with Gasteiger partial charge in [0.15, 0.2) is 0 Å². The number of ether oxygens (including phenoxy) is 1. The van der Waals surface area contributed by atoms with E-state index >= 15 is 0 Å². The molecule has 0 amide bonds. The standard InChI is InChI=1S/C13H25N7O/c1-3-5-19-6-8-20(9-7-19)12-15-11(18-14)16-13(17-12)21-10-4-2/h3-10,14H2,1-2H3,(H,15,16,17,18). The minimum Gasteiger partial charge on any atom is -0.463 e. The predicted octanol–water partition coefficient (Wildman–Crippen LogP) is 0.478. The molecule has 1 aromatic heterocycles. The van der Waals surface area contributed by atoms with Crippen molar-refractivity contribution in [2.45, 2.75) is 26.7 Å². The van der Waals surface area contributed by atoms with Gasteiger partial charge in [0, 0.05) is 26.2 Å². The molecular formula is C13H25N7O. The zero-order chi connectivity index (χ0) is 15.1. The van der Waals surface area contributed by atoms with Crippen LogP contribution in [0.5, 0.6) is 6.01 Å². The van der Waals surface area contributed by atoms with Gasteiger partial charge >= 0.3 is 6.01 Å². The van der Waals surface area contributed by atoms with Crippen molar-refractivity contribution in [1.82, 2.24) is 19.9 Å². The van der Waals surface area contributed by atoms with Crippen molar-refractivity contribution in [2.75, 3.05) is 49.7 Å². The van der Waals surface area contributed by atoms with E-state index in [1.807, 2.05) is 6.92 Å². The second-order valence-corrected chi connectivity index (χ2v) is 5.06. The van der Waals surface area contributed by atoms with E-state index < -0.39 is 0 Å². The Balaban J connectivity index is 2.04. The Bertz CT molecular complexity index is 435. The van der Waals surface area contributed by atoms with Gasteiger partial charge in [-0.2, -0.15) is 15.0 Å². The van der Waals surface area contributed by atoms with Crippen LogP contribution in [0.3, 0.4) is 0 Å². The molecule has 1 saturated heterocycles. The van der Waals surface area contributed by atoms with Crippen molar-refractivity contribution in [3.8, 4) is 6.01 Å². The average molecular weight is 295 g/mol. The zero-order valence-electron chi connectivity index (χ0n) is 12.9. The molecule has 1 aliphatic heterocycles. The summed E-state index contributed by atoms with van der Waals surface area (Å²) < 4.78 is 5.49. The Morgan fingerprint density at radius 3 is 2.48 bits per heavy atom. The van der Waals surface area contributed by atoms with Gasteiger partial charge in [-0.25, -0.2) is 5.84 Å². The van der Waals surface area contributed by atoms with Gasteiger partial charge in [0.25, 0.3) is 0 Å². The number of anilines is 2. The first kappa shape index (κ1) is 15.7. The van der Waals surface area contributed by atoms with E-state index in [4.69, 9.17) is 10.6 Å². The quantitative estimate of drug-likeness (QED) is 0.554. The lowest BCUT2D eigenvalue weighted by atomic mass is 10.3. The minimum absolute atomic E-state index is 0.325. The highest BCUT2D eigenvalue weighted by Crippen LogP contribution is 2.16. The molecule has 0 aromatic carbocycles. The van der Waals surface area contributed by atoms with Crippen molar-refractivity contribution in [3.05, 3.63) is 0 Å². The Morgan fingerprint density at radius 1 is 1.10 bits per heavy atom. The molecular weight excluding hydrogens is 270 g/mol. The molecule has 0 aliphatic carbocycles. The predicted molar refractivity (Wildman–Crippen MR) is 82.4 cm³/mol. The number of piperazine rings is 1. The van der Waals surface area contributed by atoms with E-state index in [-0.39, 0.29) is 0 Å². The number of nitrogens with two attached hydrogens (primary N) is 1. The lowest BCUT2D eigenvalue weighted by Gasteiger charge is -2.34. The Hall–Kier alpha value is -1.67. The van der Waals surface area contributed by atoms with Crippen LogP contribution in [-0.2, 0) is 0 Å². The number of hydrogen-bond donors (Lipinski definition) is 2. The molecule has 8 nitrogen and oxygen atoms in total. The molecule has 0 saturated carbocycles. The van der Waals surface area contributed by atoms with Crippen LogP contribution >= 0.6 is 0 Å². The normalized spacial score (nSPS) is 16.0. The van der Waals surface area contributed by atoms with Gasteiger partial charge in [-0.3, -0.25) is 10.3 Å². The van der Waals surface area contributed by atoms with Crippen LogP contribution in [0.15, 0.2) is 0 Å². The van der Waals surface area contributed by atoms with E-state index in [0.717, 1.165) is 39.1 Å². The molecule has 21 heavy (non-hydrogen) atoms. The van der Waals surface area contributed by atoms with Crippen LogP contribution < -0.4 is 20.9 Å². The molecule has 0 atom stereocenters. The first-order chi connectivity index (χ1) is 10.3. The first-order valence-corrected chi connectivity index (χ1v) is 7.59. The van der Waals surface area contributed by atoms with E-state index in [2.05, 4.69) is 37.1 Å². The molecule has 0 bridgehead atoms. The molecule has 1 aromatic rings. The molecule has 0 radical (unpaired) electrons. The highest BCUT2D eigenvalue weighted by molar-refractivity contribution is 5.38. The van der Waals surface area contributed by atoms with Crippen molar-refractivity contribution in [2.24, 2.45) is 5.84 Å². The molecule has 1 aliphatic rings. The van der Waals surface area contributed by atoms with E-state index in [1.54, 1.807) is 0 Å². The smallest absolute Gasteiger partial charge is 0.323 e. The SMILES string of the molecule is CCCOc1nc(NN)nc(N2CCN(CCC)CC2)n1. The summed E-state index contributed by atoms with van der Waals surface area (Å²) >= 11 is 0. The summed E-state index contributed by atoms with van der Waals surface area (Å²) in [6.45, 7) is 9.82. The van der Waals surface area contributed by atoms with Crippen LogP contribution in [0.2, 0.25) is 0 Å². The Morgan fingerprint density at radius 2 is 1.86 bits per heavy atom. The summed E-state index contributed by atoms with van der Waals surface area (Å²) in [5.74, 6) is 6.38. The summed E-state index contributed by atoms with van der Waals surface area (Å²) in [6.07, 6.45) is 2.09. The average Bonchev–Trinajstić information content (AvgIpc) is 2.53. The van der Waals surface area contributed by atoms with Crippen LogP contribution in [0.1, 0.15) is 26.7 Å². The monoisotopic (exact) mass is 295 g/mol. The number of nitrogens with zero attached hydrogens (tertiary/aromatic N) is 5. The molecule has 3 N–H and O–H groups in total. The van der Waals surface area contributed by atoms with Crippen LogP contribution in [0.4, 0.5) is 11.9 Å². The highest BCUT2D eigenvalue weighted by Gasteiger charge is 2.20. The maximum atomic E-state index is 5.49. The van der Waals surface area contributed by atoms with Crippen LogP contribution in [0.25, 0.3) is 0 Å². The molecule has 2 rings (SSSR count). The van der Waals surface area contributed by atoms with Gasteiger partial charge in [-0.05, 0) is 19.4 Å². The molecule has 2 heterocycles. The molecule has 8 heteroatoms. The topological polar surface area (TPSA) is 92.4 Å². The first-order valence-electron chi connectivity index (χ1n) is 7.59. The molecule has 118 valence electrons. The summed E-state index contributed by atoms with van der Waals surface area (Å²) in [5, 5.41) is 0. The van der Waals surface area contributed by atoms with Crippen molar-refractivity contribution < 1.29 is 4.74 Å². The number of rotatable bonds is 7. The molecule has 0 unspecified atom stereocenters. The molecule has 1 fully saturated rings. The summed E-state index contributed by atoms with van der Waals surface area (Å²) in [6, 6.07) is 0.325. The fourth-order valence-electron chi connectivity index (χ4n) is 2.30. The minimum atomic E-state index is 0.325. The summed E-state index contributed by atoms with van der Waals surface area (Å²) in [7, 11) is 0. The van der Waals surface area contributed by atoms with E-state index in [9.17, 15) is 0 Å². The van der Waals surface area contributed by atoms with Gasteiger partial charge in [0.2, 0.25) is 11.9 Å². The van der Waals surface area contributed by atoms with Crippen molar-refractivity contribution >= 4 is 11.9 Å². The third kappa shape index (κ3) is 4.40. The summed E-state index contributed by atoms with van der Waals surface area (Å²) in [5.41, 5.74) is 2.47. The second kappa shape index (κ2) is 7.94. The molecule has 0 spiro atoms. The lowest BCUT2D eigenvalue weighted by Crippen LogP contribution is -2.47. The number of hydrogen-bond acceptors (Lipinski definition) is 8. The van der Waals surface area contributed by atoms with E-state index in [0.29, 0.717) is 24.5 Å². The number of nitrogen functional groups attached to an aromatic ring is 1.